The molecule has 0 spiro atoms. The van der Waals surface area contributed by atoms with Crippen molar-refractivity contribution in [2.75, 3.05) is 0 Å². The average molecular weight is 283 g/mol. The van der Waals surface area contributed by atoms with Gasteiger partial charge in [0.1, 0.15) is 6.10 Å². The van der Waals surface area contributed by atoms with E-state index in [0.29, 0.717) is 16.2 Å². The highest BCUT2D eigenvalue weighted by atomic mass is 35.5. The molecular formula is C14H19ClO2Si. The summed E-state index contributed by atoms with van der Waals surface area (Å²) in [4.78, 5) is 11.7. The fourth-order valence-electron chi connectivity index (χ4n) is 1.70. The van der Waals surface area contributed by atoms with Gasteiger partial charge in [-0.15, -0.1) is 0 Å². The van der Waals surface area contributed by atoms with Crippen molar-refractivity contribution in [3.63, 3.8) is 0 Å². The minimum absolute atomic E-state index is 0.107. The number of hydrogen-bond donors (Lipinski definition) is 1. The summed E-state index contributed by atoms with van der Waals surface area (Å²) in [6.07, 6.45) is -0.942. The molecule has 0 radical (unpaired) electrons. The monoisotopic (exact) mass is 282 g/mol. The van der Waals surface area contributed by atoms with E-state index in [1.807, 2.05) is 5.70 Å². The van der Waals surface area contributed by atoms with Gasteiger partial charge in [0.2, 0.25) is 0 Å². The molecule has 1 aromatic carbocycles. The van der Waals surface area contributed by atoms with E-state index >= 15 is 0 Å². The largest absolute Gasteiger partial charge is 0.383 e. The Morgan fingerprint density at radius 3 is 2.33 bits per heavy atom. The predicted octanol–water partition coefficient (Wildman–Crippen LogP) is 3.77. The number of ketones is 1. The second-order valence-corrected chi connectivity index (χ2v) is 10.9. The van der Waals surface area contributed by atoms with Crippen molar-refractivity contribution in [3.05, 3.63) is 46.1 Å². The number of hydrogen-bond acceptors (Lipinski definition) is 2. The fourth-order valence-corrected chi connectivity index (χ4v) is 3.24. The third kappa shape index (κ3) is 4.09. The number of carbonyl (C=O) groups excluding carboxylic acids is 1. The maximum absolute atomic E-state index is 11.7. The molecule has 2 nitrogen and oxygen atoms in total. The molecule has 0 unspecified atom stereocenters. The molecule has 0 aliphatic rings. The van der Waals surface area contributed by atoms with Gasteiger partial charge in [0.15, 0.2) is 5.78 Å². The lowest BCUT2D eigenvalue weighted by molar-refractivity contribution is -0.114. The molecule has 1 atom stereocenters. The molecule has 98 valence electrons. The number of aliphatic hydroxyl groups is 1. The zero-order chi connectivity index (χ0) is 13.9. The topological polar surface area (TPSA) is 37.3 Å². The summed E-state index contributed by atoms with van der Waals surface area (Å²) < 4.78 is 0. The first-order valence-electron chi connectivity index (χ1n) is 5.88. The smallest absolute Gasteiger partial charge is 0.158 e. The number of carbonyl (C=O) groups is 1. The molecule has 18 heavy (non-hydrogen) atoms. The molecule has 4 heteroatoms. The molecule has 0 heterocycles. The highest BCUT2D eigenvalue weighted by Crippen LogP contribution is 2.29. The van der Waals surface area contributed by atoms with Crippen LogP contribution < -0.4 is 0 Å². The number of rotatable bonds is 4. The lowest BCUT2D eigenvalue weighted by Gasteiger charge is -2.18. The quantitative estimate of drug-likeness (QED) is 0.674. The predicted molar refractivity (Wildman–Crippen MR) is 78.5 cm³/mol. The van der Waals surface area contributed by atoms with Gasteiger partial charge >= 0.3 is 0 Å². The molecule has 0 aliphatic carbocycles. The van der Waals surface area contributed by atoms with E-state index in [1.54, 1.807) is 24.3 Å². The van der Waals surface area contributed by atoms with Crippen LogP contribution in [0, 0.1) is 0 Å². The maximum atomic E-state index is 11.7. The molecule has 1 aromatic rings. The summed E-state index contributed by atoms with van der Waals surface area (Å²) in [6.45, 7) is 7.84. The Kier molecular flexibility index (Phi) is 4.90. The van der Waals surface area contributed by atoms with Gasteiger partial charge in [-0.05, 0) is 13.0 Å². The first kappa shape index (κ1) is 15.2. The van der Waals surface area contributed by atoms with Crippen molar-refractivity contribution in [1.82, 2.24) is 0 Å². The second-order valence-electron chi connectivity index (χ2n) is 5.45. The molecule has 0 saturated heterocycles. The van der Waals surface area contributed by atoms with Crippen LogP contribution in [-0.4, -0.2) is 19.0 Å². The fraction of sp³-hybridized carbons (Fsp3) is 0.357. The van der Waals surface area contributed by atoms with Crippen LogP contribution in [-0.2, 0) is 4.79 Å². The third-order valence-corrected chi connectivity index (χ3v) is 4.01. The Bertz CT molecular complexity index is 475. The first-order valence-corrected chi connectivity index (χ1v) is 9.84. The van der Waals surface area contributed by atoms with Crippen molar-refractivity contribution in [3.8, 4) is 0 Å². The van der Waals surface area contributed by atoms with Gasteiger partial charge in [-0.2, -0.15) is 0 Å². The Hall–Kier alpha value is -0.903. The highest BCUT2D eigenvalue weighted by Gasteiger charge is 2.22. The van der Waals surface area contributed by atoms with Crippen LogP contribution in [0.2, 0.25) is 24.7 Å². The Balaban J connectivity index is 3.21. The van der Waals surface area contributed by atoms with E-state index in [-0.39, 0.29) is 5.78 Å². The van der Waals surface area contributed by atoms with E-state index < -0.39 is 14.2 Å². The minimum Gasteiger partial charge on any atom is -0.383 e. The summed E-state index contributed by atoms with van der Waals surface area (Å²) in [5.41, 5.74) is 2.96. The molecule has 1 rings (SSSR count). The molecule has 0 fully saturated rings. The zero-order valence-corrected chi connectivity index (χ0v) is 13.0. The Morgan fingerprint density at radius 1 is 1.33 bits per heavy atom. The number of benzene rings is 1. The maximum Gasteiger partial charge on any atom is 0.158 e. The Morgan fingerprint density at radius 2 is 1.89 bits per heavy atom. The molecular weight excluding hydrogens is 264 g/mol. The summed E-state index contributed by atoms with van der Waals surface area (Å²) in [6, 6.07) is 7.06. The number of halogens is 1. The van der Waals surface area contributed by atoms with Crippen LogP contribution in [0.25, 0.3) is 0 Å². The molecule has 1 N–H and O–H groups in total. The SMILES string of the molecule is CC(=O)/C(=C\[Si](C)(C)C)[C@@H](O)c1ccccc1Cl. The minimum atomic E-state index is -1.58. The van der Waals surface area contributed by atoms with Gasteiger partial charge in [0, 0.05) is 16.2 Å². The molecule has 0 aromatic heterocycles. The van der Waals surface area contributed by atoms with Crippen LogP contribution in [0.4, 0.5) is 0 Å². The van der Waals surface area contributed by atoms with Gasteiger partial charge in [-0.1, -0.05) is 55.1 Å². The molecule has 0 saturated carbocycles. The average Bonchev–Trinajstić information content (AvgIpc) is 2.24. The normalized spacial score (nSPS) is 14.4. The summed E-state index contributed by atoms with van der Waals surface area (Å²) >= 11 is 6.05. The van der Waals surface area contributed by atoms with E-state index in [1.165, 1.54) is 6.92 Å². The molecule has 0 bridgehead atoms. The van der Waals surface area contributed by atoms with Crippen LogP contribution in [0.15, 0.2) is 35.5 Å². The van der Waals surface area contributed by atoms with E-state index in [0.717, 1.165) is 0 Å². The van der Waals surface area contributed by atoms with Gasteiger partial charge < -0.3 is 5.11 Å². The summed E-state index contributed by atoms with van der Waals surface area (Å²) in [5.74, 6) is -0.107. The lowest BCUT2D eigenvalue weighted by atomic mass is 10.0. The summed E-state index contributed by atoms with van der Waals surface area (Å²) in [7, 11) is -1.58. The summed E-state index contributed by atoms with van der Waals surface area (Å²) in [5, 5.41) is 10.8. The van der Waals surface area contributed by atoms with E-state index in [4.69, 9.17) is 11.6 Å². The Labute approximate surface area is 114 Å². The lowest BCUT2D eigenvalue weighted by Crippen LogP contribution is -2.21. The van der Waals surface area contributed by atoms with Crippen molar-refractivity contribution >= 4 is 25.5 Å². The number of aliphatic hydroxyl groups excluding tert-OH is 1. The van der Waals surface area contributed by atoms with Crippen LogP contribution in [0.3, 0.4) is 0 Å². The third-order valence-electron chi connectivity index (χ3n) is 2.49. The molecule has 0 amide bonds. The van der Waals surface area contributed by atoms with Gasteiger partial charge in [0.05, 0.1) is 8.07 Å². The highest BCUT2D eigenvalue weighted by molar-refractivity contribution is 6.81. The van der Waals surface area contributed by atoms with Gasteiger partial charge in [-0.3, -0.25) is 4.79 Å². The molecule has 0 aliphatic heterocycles. The van der Waals surface area contributed by atoms with Crippen molar-refractivity contribution in [1.29, 1.82) is 0 Å². The van der Waals surface area contributed by atoms with Gasteiger partial charge in [-0.25, -0.2) is 0 Å². The van der Waals surface area contributed by atoms with E-state index in [2.05, 4.69) is 19.6 Å². The van der Waals surface area contributed by atoms with Crippen molar-refractivity contribution < 1.29 is 9.90 Å². The second kappa shape index (κ2) is 5.82. The standard InChI is InChI=1S/C14H19ClO2Si/c1-10(16)12(9-18(2,3)4)14(17)11-7-5-6-8-13(11)15/h5-9,14,17H,1-4H3/b12-9+/t14-/m0/s1. The van der Waals surface area contributed by atoms with Crippen molar-refractivity contribution in [2.45, 2.75) is 32.7 Å². The zero-order valence-electron chi connectivity index (χ0n) is 11.2. The van der Waals surface area contributed by atoms with Crippen molar-refractivity contribution in [2.24, 2.45) is 0 Å². The van der Waals surface area contributed by atoms with Crippen LogP contribution in [0.1, 0.15) is 18.6 Å². The number of Topliss-reactive ketones (excluding diaryl/α,β-unsaturated/α-hetero) is 1. The van der Waals surface area contributed by atoms with Crippen LogP contribution in [0.5, 0.6) is 0 Å². The van der Waals surface area contributed by atoms with Gasteiger partial charge in [0.25, 0.3) is 0 Å². The first-order chi connectivity index (χ1) is 8.22. The van der Waals surface area contributed by atoms with Crippen LogP contribution >= 0.6 is 11.6 Å². The van der Waals surface area contributed by atoms with E-state index in [9.17, 15) is 9.90 Å².